The highest BCUT2D eigenvalue weighted by Crippen LogP contribution is 2.17. The van der Waals surface area contributed by atoms with E-state index < -0.39 is 0 Å². The molecule has 0 aliphatic heterocycles. The van der Waals surface area contributed by atoms with Gasteiger partial charge in [-0.15, -0.1) is 0 Å². The molecule has 0 atom stereocenters. The molecule has 20 heavy (non-hydrogen) atoms. The van der Waals surface area contributed by atoms with Crippen molar-refractivity contribution in [3.8, 4) is 17.1 Å². The monoisotopic (exact) mass is 274 g/mol. The highest BCUT2D eigenvalue weighted by atomic mass is 19.1. The summed E-state index contributed by atoms with van der Waals surface area (Å²) in [5.74, 6) is 0.279. The third kappa shape index (κ3) is 4.30. The molecule has 1 aromatic carbocycles. The molecule has 0 aliphatic rings. The van der Waals surface area contributed by atoms with Gasteiger partial charge in [0.05, 0.1) is 24.7 Å². The molecule has 0 bridgehead atoms. The van der Waals surface area contributed by atoms with Gasteiger partial charge >= 0.3 is 0 Å². The van der Waals surface area contributed by atoms with Crippen molar-refractivity contribution in [3.63, 3.8) is 0 Å². The highest BCUT2D eigenvalue weighted by Gasteiger charge is 2.02. The van der Waals surface area contributed by atoms with E-state index >= 15 is 0 Å². The molecule has 2 aromatic rings. The molecule has 2 rings (SSSR count). The van der Waals surface area contributed by atoms with E-state index in [9.17, 15) is 4.39 Å². The van der Waals surface area contributed by atoms with Crippen molar-refractivity contribution in [1.82, 2.24) is 9.97 Å². The van der Waals surface area contributed by atoms with Crippen molar-refractivity contribution < 1.29 is 9.13 Å². The van der Waals surface area contributed by atoms with Gasteiger partial charge in [-0.3, -0.25) is 0 Å². The van der Waals surface area contributed by atoms with Crippen molar-refractivity contribution >= 4 is 0 Å². The number of nitrogens with zero attached hydrogens (tertiary/aromatic N) is 2. The van der Waals surface area contributed by atoms with Gasteiger partial charge in [0.1, 0.15) is 5.82 Å². The van der Waals surface area contributed by atoms with Gasteiger partial charge in [-0.1, -0.05) is 26.2 Å². The van der Waals surface area contributed by atoms with Crippen molar-refractivity contribution in [3.05, 3.63) is 42.5 Å². The minimum absolute atomic E-state index is 0.256. The van der Waals surface area contributed by atoms with E-state index in [1.54, 1.807) is 24.5 Å². The summed E-state index contributed by atoms with van der Waals surface area (Å²) >= 11 is 0. The fourth-order valence-electron chi connectivity index (χ4n) is 1.87. The average Bonchev–Trinajstić information content (AvgIpc) is 2.49. The van der Waals surface area contributed by atoms with Crippen LogP contribution in [-0.4, -0.2) is 16.6 Å². The lowest BCUT2D eigenvalue weighted by Crippen LogP contribution is -1.99. The van der Waals surface area contributed by atoms with Crippen LogP contribution in [0.4, 0.5) is 4.39 Å². The van der Waals surface area contributed by atoms with Crippen LogP contribution >= 0.6 is 0 Å². The number of hydrogen-bond acceptors (Lipinski definition) is 3. The standard InChI is InChI=1S/C16H19FN2O/c1-2-3-4-5-10-20-16-12-18-15(11-19-16)13-6-8-14(17)9-7-13/h6-9,11-12H,2-5,10H2,1H3. The van der Waals surface area contributed by atoms with E-state index in [1.165, 1.54) is 31.4 Å². The molecule has 1 heterocycles. The molecule has 0 aliphatic carbocycles. The lowest BCUT2D eigenvalue weighted by molar-refractivity contribution is 0.292. The molecule has 4 heteroatoms. The first kappa shape index (κ1) is 14.4. The number of ether oxygens (including phenoxy) is 1. The molecule has 0 saturated heterocycles. The number of benzene rings is 1. The van der Waals surface area contributed by atoms with E-state index in [-0.39, 0.29) is 5.82 Å². The second-order valence-electron chi connectivity index (χ2n) is 4.66. The predicted molar refractivity (Wildman–Crippen MR) is 77.1 cm³/mol. The first-order valence-corrected chi connectivity index (χ1v) is 7.00. The smallest absolute Gasteiger partial charge is 0.232 e. The Hall–Kier alpha value is -1.97. The van der Waals surface area contributed by atoms with Crippen LogP contribution in [0, 0.1) is 5.82 Å². The minimum Gasteiger partial charge on any atom is -0.477 e. The van der Waals surface area contributed by atoms with E-state index in [2.05, 4.69) is 16.9 Å². The Morgan fingerprint density at radius 1 is 1.00 bits per heavy atom. The molecule has 0 N–H and O–H groups in total. The van der Waals surface area contributed by atoms with Crippen LogP contribution in [0.25, 0.3) is 11.3 Å². The second-order valence-corrected chi connectivity index (χ2v) is 4.66. The van der Waals surface area contributed by atoms with Gasteiger partial charge in [0.2, 0.25) is 5.88 Å². The average molecular weight is 274 g/mol. The highest BCUT2D eigenvalue weighted by molar-refractivity contribution is 5.57. The fourth-order valence-corrected chi connectivity index (χ4v) is 1.87. The fraction of sp³-hybridized carbons (Fsp3) is 0.375. The molecule has 106 valence electrons. The SMILES string of the molecule is CCCCCCOc1cnc(-c2ccc(F)cc2)cn1. The molecule has 0 spiro atoms. The second kappa shape index (κ2) is 7.58. The Kier molecular flexibility index (Phi) is 5.47. The zero-order chi connectivity index (χ0) is 14.2. The summed E-state index contributed by atoms with van der Waals surface area (Å²) in [6.45, 7) is 2.85. The summed E-state index contributed by atoms with van der Waals surface area (Å²) in [7, 11) is 0. The van der Waals surface area contributed by atoms with E-state index in [0.717, 1.165) is 12.0 Å². The van der Waals surface area contributed by atoms with Crippen molar-refractivity contribution in [2.24, 2.45) is 0 Å². The Morgan fingerprint density at radius 2 is 1.80 bits per heavy atom. The Bertz CT molecular complexity index is 511. The largest absolute Gasteiger partial charge is 0.477 e. The zero-order valence-corrected chi connectivity index (χ0v) is 11.7. The lowest BCUT2D eigenvalue weighted by Gasteiger charge is -2.05. The summed E-state index contributed by atoms with van der Waals surface area (Å²) in [5.41, 5.74) is 1.55. The third-order valence-corrected chi connectivity index (χ3v) is 3.02. The number of hydrogen-bond donors (Lipinski definition) is 0. The maximum absolute atomic E-state index is 12.8. The van der Waals surface area contributed by atoms with Crippen molar-refractivity contribution in [2.75, 3.05) is 6.61 Å². The van der Waals surface area contributed by atoms with Gasteiger partial charge < -0.3 is 4.74 Å². The molecule has 0 amide bonds. The maximum Gasteiger partial charge on any atom is 0.232 e. The van der Waals surface area contributed by atoms with Crippen LogP contribution in [0.5, 0.6) is 5.88 Å². The summed E-state index contributed by atoms with van der Waals surface area (Å²) in [5, 5.41) is 0. The van der Waals surface area contributed by atoms with Gasteiger partial charge in [0.15, 0.2) is 0 Å². The van der Waals surface area contributed by atoms with Crippen LogP contribution in [0.15, 0.2) is 36.7 Å². The van der Waals surface area contributed by atoms with Gasteiger partial charge in [-0.05, 0) is 30.7 Å². The Labute approximate surface area is 118 Å². The molecular formula is C16H19FN2O. The van der Waals surface area contributed by atoms with Gasteiger partial charge in [0, 0.05) is 5.56 Å². The minimum atomic E-state index is -0.256. The number of rotatable bonds is 7. The molecule has 0 saturated carbocycles. The Balaban J connectivity index is 1.88. The Morgan fingerprint density at radius 3 is 2.45 bits per heavy atom. The first-order valence-electron chi connectivity index (χ1n) is 7.00. The number of aromatic nitrogens is 2. The van der Waals surface area contributed by atoms with E-state index in [0.29, 0.717) is 18.2 Å². The van der Waals surface area contributed by atoms with Crippen LogP contribution in [0.3, 0.4) is 0 Å². The topological polar surface area (TPSA) is 35.0 Å². The summed E-state index contributed by atoms with van der Waals surface area (Å²) in [6, 6.07) is 6.19. The molecule has 0 radical (unpaired) electrons. The molecule has 0 fully saturated rings. The number of unbranched alkanes of at least 4 members (excludes halogenated alkanes) is 3. The van der Waals surface area contributed by atoms with Crippen LogP contribution in [0.2, 0.25) is 0 Å². The van der Waals surface area contributed by atoms with Gasteiger partial charge in [-0.2, -0.15) is 0 Å². The van der Waals surface area contributed by atoms with E-state index in [4.69, 9.17) is 4.74 Å². The van der Waals surface area contributed by atoms with Crippen molar-refractivity contribution in [2.45, 2.75) is 32.6 Å². The van der Waals surface area contributed by atoms with Crippen LogP contribution < -0.4 is 4.74 Å². The maximum atomic E-state index is 12.8. The first-order chi connectivity index (χ1) is 9.79. The van der Waals surface area contributed by atoms with Crippen LogP contribution in [-0.2, 0) is 0 Å². The summed E-state index contributed by atoms with van der Waals surface area (Å²) < 4.78 is 18.4. The molecule has 1 aromatic heterocycles. The number of halogens is 1. The van der Waals surface area contributed by atoms with Gasteiger partial charge in [0.25, 0.3) is 0 Å². The van der Waals surface area contributed by atoms with E-state index in [1.807, 2.05) is 0 Å². The third-order valence-electron chi connectivity index (χ3n) is 3.02. The van der Waals surface area contributed by atoms with Crippen molar-refractivity contribution in [1.29, 1.82) is 0 Å². The normalized spacial score (nSPS) is 10.5. The molecule has 3 nitrogen and oxygen atoms in total. The van der Waals surface area contributed by atoms with Gasteiger partial charge in [-0.25, -0.2) is 14.4 Å². The quantitative estimate of drug-likeness (QED) is 0.708. The van der Waals surface area contributed by atoms with Crippen LogP contribution in [0.1, 0.15) is 32.6 Å². The lowest BCUT2D eigenvalue weighted by atomic mass is 10.2. The zero-order valence-electron chi connectivity index (χ0n) is 11.7. The summed E-state index contributed by atoms with van der Waals surface area (Å²) in [4.78, 5) is 8.50. The molecule has 0 unspecified atom stereocenters. The predicted octanol–water partition coefficient (Wildman–Crippen LogP) is 4.24. The molecular weight excluding hydrogens is 255 g/mol. The summed E-state index contributed by atoms with van der Waals surface area (Å²) in [6.07, 6.45) is 7.92.